The Balaban J connectivity index is 1.38. The number of carbonyl (C=O) groups excluding carboxylic acids is 1. The fourth-order valence-corrected chi connectivity index (χ4v) is 4.45. The standard InChI is InChI=1S/C18H23ClN6OS/c1-22-4-6-23(7-5-22)16-12-17(21-13-20-16)24-8-10-25(11-9-24)18(26)14-2-3-15(19)27-14/h2-3,12-13H,4-11H2,1H3. The second kappa shape index (κ2) is 8.00. The molecule has 4 heterocycles. The molecule has 2 saturated heterocycles. The van der Waals surface area contributed by atoms with Crippen LogP contribution in [0.25, 0.3) is 0 Å². The summed E-state index contributed by atoms with van der Waals surface area (Å²) in [5.41, 5.74) is 0. The Morgan fingerprint density at radius 1 is 0.963 bits per heavy atom. The van der Waals surface area contributed by atoms with Crippen LogP contribution >= 0.6 is 22.9 Å². The first-order valence-corrected chi connectivity index (χ1v) is 10.3. The van der Waals surface area contributed by atoms with Crippen molar-refractivity contribution in [1.29, 1.82) is 0 Å². The Morgan fingerprint density at radius 2 is 1.56 bits per heavy atom. The largest absolute Gasteiger partial charge is 0.354 e. The molecule has 2 aromatic heterocycles. The third-order valence-corrected chi connectivity index (χ3v) is 6.36. The smallest absolute Gasteiger partial charge is 0.264 e. The van der Waals surface area contributed by atoms with Crippen LogP contribution in [0.5, 0.6) is 0 Å². The lowest BCUT2D eigenvalue weighted by molar-refractivity contribution is 0.0751. The van der Waals surface area contributed by atoms with Crippen LogP contribution in [0.1, 0.15) is 9.67 Å². The van der Waals surface area contributed by atoms with Crippen LogP contribution in [-0.4, -0.2) is 85.1 Å². The van der Waals surface area contributed by atoms with Crippen molar-refractivity contribution in [2.75, 3.05) is 69.2 Å². The molecular formula is C18H23ClN6OS. The minimum absolute atomic E-state index is 0.0624. The molecular weight excluding hydrogens is 384 g/mol. The molecule has 7 nitrogen and oxygen atoms in total. The van der Waals surface area contributed by atoms with Crippen LogP contribution in [0.2, 0.25) is 4.34 Å². The highest BCUT2D eigenvalue weighted by Gasteiger charge is 2.24. The van der Waals surface area contributed by atoms with Gasteiger partial charge in [-0.1, -0.05) is 11.6 Å². The second-order valence-electron chi connectivity index (χ2n) is 6.91. The molecule has 144 valence electrons. The van der Waals surface area contributed by atoms with E-state index in [-0.39, 0.29) is 5.91 Å². The van der Waals surface area contributed by atoms with Crippen LogP contribution < -0.4 is 9.80 Å². The molecule has 4 rings (SSSR count). The minimum atomic E-state index is 0.0624. The van der Waals surface area contributed by atoms with Gasteiger partial charge < -0.3 is 19.6 Å². The Labute approximate surface area is 168 Å². The van der Waals surface area contributed by atoms with Crippen molar-refractivity contribution in [2.45, 2.75) is 0 Å². The fourth-order valence-electron chi connectivity index (χ4n) is 3.44. The molecule has 0 bridgehead atoms. The number of carbonyl (C=O) groups is 1. The lowest BCUT2D eigenvalue weighted by Gasteiger charge is -2.36. The molecule has 0 radical (unpaired) electrons. The molecule has 2 aromatic rings. The van der Waals surface area contributed by atoms with Crippen molar-refractivity contribution in [3.8, 4) is 0 Å². The van der Waals surface area contributed by atoms with E-state index >= 15 is 0 Å². The van der Waals surface area contributed by atoms with Gasteiger partial charge in [0.2, 0.25) is 0 Å². The highest BCUT2D eigenvalue weighted by molar-refractivity contribution is 7.17. The average molecular weight is 407 g/mol. The number of hydrogen-bond donors (Lipinski definition) is 0. The second-order valence-corrected chi connectivity index (χ2v) is 8.62. The molecule has 0 spiro atoms. The first kappa shape index (κ1) is 18.5. The minimum Gasteiger partial charge on any atom is -0.354 e. The zero-order valence-electron chi connectivity index (χ0n) is 15.3. The van der Waals surface area contributed by atoms with Gasteiger partial charge in [0.05, 0.1) is 9.21 Å². The first-order chi connectivity index (χ1) is 13.1. The summed E-state index contributed by atoms with van der Waals surface area (Å²) in [5.74, 6) is 1.98. The molecule has 0 atom stereocenters. The predicted octanol–water partition coefficient (Wildman–Crippen LogP) is 1.91. The van der Waals surface area contributed by atoms with Crippen molar-refractivity contribution in [3.63, 3.8) is 0 Å². The van der Waals surface area contributed by atoms with Crippen molar-refractivity contribution in [1.82, 2.24) is 19.8 Å². The van der Waals surface area contributed by atoms with E-state index in [4.69, 9.17) is 11.6 Å². The van der Waals surface area contributed by atoms with Crippen LogP contribution in [0.4, 0.5) is 11.6 Å². The third-order valence-electron chi connectivity index (χ3n) is 5.14. The van der Waals surface area contributed by atoms with Crippen LogP contribution in [-0.2, 0) is 0 Å². The van der Waals surface area contributed by atoms with E-state index in [9.17, 15) is 4.79 Å². The summed E-state index contributed by atoms with van der Waals surface area (Å²) in [6.45, 7) is 6.97. The van der Waals surface area contributed by atoms with Gasteiger partial charge in [-0.05, 0) is 19.2 Å². The van der Waals surface area contributed by atoms with E-state index in [0.717, 1.165) is 50.9 Å². The Morgan fingerprint density at radius 3 is 2.11 bits per heavy atom. The summed E-state index contributed by atoms with van der Waals surface area (Å²) in [6.07, 6.45) is 1.65. The molecule has 9 heteroatoms. The van der Waals surface area contributed by atoms with E-state index in [1.54, 1.807) is 18.5 Å². The van der Waals surface area contributed by atoms with Gasteiger partial charge in [-0.15, -0.1) is 11.3 Å². The molecule has 0 unspecified atom stereocenters. The van der Waals surface area contributed by atoms with Crippen molar-refractivity contribution in [3.05, 3.63) is 33.7 Å². The predicted molar refractivity (Wildman–Crippen MR) is 109 cm³/mol. The normalized spacial score (nSPS) is 18.8. The van der Waals surface area contributed by atoms with E-state index in [1.165, 1.54) is 11.3 Å². The van der Waals surface area contributed by atoms with Gasteiger partial charge in [-0.25, -0.2) is 9.97 Å². The van der Waals surface area contributed by atoms with Gasteiger partial charge in [0.1, 0.15) is 18.0 Å². The van der Waals surface area contributed by atoms with E-state index in [0.29, 0.717) is 22.3 Å². The Kier molecular flexibility index (Phi) is 5.47. The van der Waals surface area contributed by atoms with Crippen molar-refractivity contribution in [2.24, 2.45) is 0 Å². The van der Waals surface area contributed by atoms with Crippen LogP contribution in [0.15, 0.2) is 24.5 Å². The van der Waals surface area contributed by atoms with Crippen LogP contribution in [0.3, 0.4) is 0 Å². The molecule has 2 fully saturated rings. The highest BCUT2D eigenvalue weighted by atomic mass is 35.5. The van der Waals surface area contributed by atoms with Gasteiger partial charge in [-0.2, -0.15) is 0 Å². The van der Waals surface area contributed by atoms with Gasteiger partial charge in [0.25, 0.3) is 5.91 Å². The summed E-state index contributed by atoms with van der Waals surface area (Å²) >= 11 is 7.29. The number of aromatic nitrogens is 2. The van der Waals surface area contributed by atoms with Gasteiger partial charge in [-0.3, -0.25) is 4.79 Å². The average Bonchev–Trinajstić information content (AvgIpc) is 3.14. The molecule has 0 aliphatic carbocycles. The topological polar surface area (TPSA) is 55.8 Å². The highest BCUT2D eigenvalue weighted by Crippen LogP contribution is 2.24. The summed E-state index contributed by atoms with van der Waals surface area (Å²) in [5, 5.41) is 0. The SMILES string of the molecule is CN1CCN(c2cc(N3CCN(C(=O)c4ccc(Cl)s4)CC3)ncn2)CC1. The molecule has 1 amide bonds. The Bertz CT molecular complexity index is 799. The summed E-state index contributed by atoms with van der Waals surface area (Å²) < 4.78 is 0.648. The third kappa shape index (κ3) is 4.17. The quantitative estimate of drug-likeness (QED) is 0.776. The van der Waals surface area contributed by atoms with Crippen LogP contribution in [0, 0.1) is 0 Å². The number of piperazine rings is 2. The summed E-state index contributed by atoms with van der Waals surface area (Å²) in [7, 11) is 2.15. The maximum absolute atomic E-state index is 12.6. The van der Waals surface area contributed by atoms with E-state index < -0.39 is 0 Å². The zero-order valence-corrected chi connectivity index (χ0v) is 16.9. The number of thiophene rings is 1. The number of nitrogens with zero attached hydrogens (tertiary/aromatic N) is 6. The molecule has 0 saturated carbocycles. The van der Waals surface area contributed by atoms with Crippen molar-refractivity contribution >= 4 is 40.5 Å². The summed E-state index contributed by atoms with van der Waals surface area (Å²) in [4.78, 5) is 31.0. The van der Waals surface area contributed by atoms with Gasteiger partial charge in [0, 0.05) is 58.4 Å². The number of halogens is 1. The first-order valence-electron chi connectivity index (χ1n) is 9.15. The van der Waals surface area contributed by atoms with Gasteiger partial charge >= 0.3 is 0 Å². The molecule has 27 heavy (non-hydrogen) atoms. The zero-order chi connectivity index (χ0) is 18.8. The maximum atomic E-state index is 12.6. The van der Waals surface area contributed by atoms with Crippen molar-refractivity contribution < 1.29 is 4.79 Å². The van der Waals surface area contributed by atoms with E-state index in [2.05, 4.69) is 37.8 Å². The molecule has 0 aromatic carbocycles. The number of rotatable bonds is 3. The number of anilines is 2. The lowest BCUT2D eigenvalue weighted by atomic mass is 10.2. The fraction of sp³-hybridized carbons (Fsp3) is 0.500. The van der Waals surface area contributed by atoms with E-state index in [1.807, 2.05) is 4.90 Å². The molecule has 0 N–H and O–H groups in total. The number of hydrogen-bond acceptors (Lipinski definition) is 7. The van der Waals surface area contributed by atoms with Gasteiger partial charge in [0.15, 0.2) is 0 Å². The molecule has 2 aliphatic heterocycles. The Hall–Kier alpha value is -1.90. The number of likely N-dealkylation sites (N-methyl/N-ethyl adjacent to an activating group) is 1. The number of amides is 1. The maximum Gasteiger partial charge on any atom is 0.264 e. The summed E-state index contributed by atoms with van der Waals surface area (Å²) in [6, 6.07) is 5.65. The molecule has 2 aliphatic rings. The monoisotopic (exact) mass is 406 g/mol. The lowest BCUT2D eigenvalue weighted by Crippen LogP contribution is -2.49.